The molecule has 6 heteroatoms. The molecule has 0 radical (unpaired) electrons. The lowest BCUT2D eigenvalue weighted by Crippen LogP contribution is -2.01. The van der Waals surface area contributed by atoms with Gasteiger partial charge in [-0.3, -0.25) is 10.1 Å². The predicted molar refractivity (Wildman–Crippen MR) is 76.0 cm³/mol. The summed E-state index contributed by atoms with van der Waals surface area (Å²) in [6, 6.07) is 9.12. The monoisotopic (exact) mass is 287 g/mol. The van der Waals surface area contributed by atoms with E-state index in [0.717, 1.165) is 0 Å². The molecule has 1 N–H and O–H groups in total. The molecule has 0 heterocycles. The van der Waals surface area contributed by atoms with E-state index < -0.39 is 10.9 Å². The number of aromatic carboxylic acids is 1. The van der Waals surface area contributed by atoms with Crippen LogP contribution in [-0.4, -0.2) is 16.0 Å². The lowest BCUT2D eigenvalue weighted by molar-refractivity contribution is -0.385. The Balaban J connectivity index is 2.35. The average molecular weight is 287 g/mol. The Bertz CT molecular complexity index is 724. The minimum atomic E-state index is -1.03. The van der Waals surface area contributed by atoms with E-state index in [-0.39, 0.29) is 11.3 Å². The van der Waals surface area contributed by atoms with Crippen LogP contribution in [0.5, 0.6) is 11.5 Å². The molecule has 0 saturated heterocycles. The van der Waals surface area contributed by atoms with Crippen LogP contribution in [0.2, 0.25) is 0 Å². The van der Waals surface area contributed by atoms with Crippen LogP contribution in [0.4, 0.5) is 5.69 Å². The number of ether oxygens (including phenoxy) is 1. The minimum absolute atomic E-state index is 0.0124. The van der Waals surface area contributed by atoms with Gasteiger partial charge in [-0.25, -0.2) is 4.79 Å². The fraction of sp³-hybridized carbons (Fsp3) is 0.133. The highest BCUT2D eigenvalue weighted by Crippen LogP contribution is 2.30. The minimum Gasteiger partial charge on any atom is -0.478 e. The quantitative estimate of drug-likeness (QED) is 0.684. The molecule has 2 aromatic rings. The standard InChI is InChI=1S/C15H13NO5/c1-9-8-11(6-7-13(9)16(19)20)21-14-5-3-4-12(10(14)2)15(17)18/h3-8H,1-2H3,(H,17,18). The van der Waals surface area contributed by atoms with Gasteiger partial charge in [0.25, 0.3) is 5.69 Å². The molecule has 0 aliphatic rings. The molecule has 0 spiro atoms. The Morgan fingerprint density at radius 3 is 2.52 bits per heavy atom. The van der Waals surface area contributed by atoms with Crippen molar-refractivity contribution in [2.24, 2.45) is 0 Å². The highest BCUT2D eigenvalue weighted by Gasteiger charge is 2.14. The maximum atomic E-state index is 11.1. The predicted octanol–water partition coefficient (Wildman–Crippen LogP) is 3.70. The third-order valence-electron chi connectivity index (χ3n) is 3.11. The van der Waals surface area contributed by atoms with Crippen LogP contribution < -0.4 is 4.74 Å². The van der Waals surface area contributed by atoms with E-state index in [2.05, 4.69) is 0 Å². The van der Waals surface area contributed by atoms with Crippen LogP contribution in [0.3, 0.4) is 0 Å². The van der Waals surface area contributed by atoms with E-state index in [1.165, 1.54) is 18.2 Å². The van der Waals surface area contributed by atoms with E-state index in [0.29, 0.717) is 22.6 Å². The first-order valence-electron chi connectivity index (χ1n) is 6.16. The van der Waals surface area contributed by atoms with Crippen molar-refractivity contribution in [1.29, 1.82) is 0 Å². The molecule has 0 aliphatic carbocycles. The molecule has 0 saturated carbocycles. The average Bonchev–Trinajstić information content (AvgIpc) is 2.40. The first-order valence-corrected chi connectivity index (χ1v) is 6.16. The van der Waals surface area contributed by atoms with E-state index in [9.17, 15) is 14.9 Å². The molecule has 0 amide bonds. The molecule has 0 atom stereocenters. The van der Waals surface area contributed by atoms with Gasteiger partial charge in [0, 0.05) is 17.2 Å². The van der Waals surface area contributed by atoms with Gasteiger partial charge < -0.3 is 9.84 Å². The first-order chi connectivity index (χ1) is 9.90. The van der Waals surface area contributed by atoms with Gasteiger partial charge in [0.1, 0.15) is 11.5 Å². The van der Waals surface area contributed by atoms with E-state index in [1.807, 2.05) is 0 Å². The van der Waals surface area contributed by atoms with Crippen molar-refractivity contribution < 1.29 is 19.6 Å². The number of benzene rings is 2. The van der Waals surface area contributed by atoms with Crippen LogP contribution in [0.1, 0.15) is 21.5 Å². The Hall–Kier alpha value is -2.89. The Morgan fingerprint density at radius 1 is 1.24 bits per heavy atom. The summed E-state index contributed by atoms with van der Waals surface area (Å²) in [7, 11) is 0. The number of carbonyl (C=O) groups is 1. The second kappa shape index (κ2) is 5.62. The second-order valence-corrected chi connectivity index (χ2v) is 4.54. The summed E-state index contributed by atoms with van der Waals surface area (Å²) in [5.41, 5.74) is 1.15. The maximum absolute atomic E-state index is 11.1. The first kappa shape index (κ1) is 14.5. The Morgan fingerprint density at radius 2 is 1.95 bits per heavy atom. The van der Waals surface area contributed by atoms with Gasteiger partial charge in [-0.15, -0.1) is 0 Å². The third kappa shape index (κ3) is 3.00. The molecule has 2 aromatic carbocycles. The molecule has 2 rings (SSSR count). The number of nitrogens with zero attached hydrogens (tertiary/aromatic N) is 1. The van der Waals surface area contributed by atoms with Gasteiger partial charge in [-0.1, -0.05) is 6.07 Å². The second-order valence-electron chi connectivity index (χ2n) is 4.54. The number of aryl methyl sites for hydroxylation is 1. The van der Waals surface area contributed by atoms with Crippen LogP contribution >= 0.6 is 0 Å². The van der Waals surface area contributed by atoms with E-state index in [1.54, 1.807) is 32.0 Å². The number of hydrogen-bond donors (Lipinski definition) is 1. The summed E-state index contributed by atoms with van der Waals surface area (Å²) < 4.78 is 5.63. The summed E-state index contributed by atoms with van der Waals surface area (Å²) >= 11 is 0. The molecule has 0 aromatic heterocycles. The topological polar surface area (TPSA) is 89.7 Å². The fourth-order valence-corrected chi connectivity index (χ4v) is 1.98. The normalized spacial score (nSPS) is 10.2. The van der Waals surface area contributed by atoms with Crippen LogP contribution in [0, 0.1) is 24.0 Å². The van der Waals surface area contributed by atoms with Crippen molar-refractivity contribution in [3.63, 3.8) is 0 Å². The highest BCUT2D eigenvalue weighted by atomic mass is 16.6. The number of carboxylic acid groups (broad SMARTS) is 1. The zero-order valence-corrected chi connectivity index (χ0v) is 11.5. The van der Waals surface area contributed by atoms with Crippen LogP contribution in [0.15, 0.2) is 36.4 Å². The van der Waals surface area contributed by atoms with Crippen molar-refractivity contribution in [2.45, 2.75) is 13.8 Å². The maximum Gasteiger partial charge on any atom is 0.336 e. The number of rotatable bonds is 4. The lowest BCUT2D eigenvalue weighted by Gasteiger charge is -2.11. The SMILES string of the molecule is Cc1cc(Oc2cccc(C(=O)O)c2C)ccc1[N+](=O)[O-]. The molecule has 0 unspecified atom stereocenters. The van der Waals surface area contributed by atoms with Gasteiger partial charge in [-0.05, 0) is 38.1 Å². The van der Waals surface area contributed by atoms with Crippen LogP contribution in [0.25, 0.3) is 0 Å². The van der Waals surface area contributed by atoms with Crippen molar-refractivity contribution in [2.75, 3.05) is 0 Å². The van der Waals surface area contributed by atoms with Gasteiger partial charge in [0.05, 0.1) is 10.5 Å². The smallest absolute Gasteiger partial charge is 0.336 e. The third-order valence-corrected chi connectivity index (χ3v) is 3.11. The molecule has 0 aliphatic heterocycles. The van der Waals surface area contributed by atoms with Crippen LogP contribution in [-0.2, 0) is 0 Å². The summed E-state index contributed by atoms with van der Waals surface area (Å²) in [5, 5.41) is 19.8. The number of nitro groups is 1. The molecule has 0 bridgehead atoms. The lowest BCUT2D eigenvalue weighted by atomic mass is 10.1. The Labute approximate surface area is 120 Å². The van der Waals surface area contributed by atoms with Gasteiger partial charge in [0.15, 0.2) is 0 Å². The molecule has 108 valence electrons. The van der Waals surface area contributed by atoms with Gasteiger partial charge in [-0.2, -0.15) is 0 Å². The van der Waals surface area contributed by atoms with Gasteiger partial charge >= 0.3 is 5.97 Å². The number of carboxylic acids is 1. The van der Waals surface area contributed by atoms with Crippen molar-refractivity contribution in [1.82, 2.24) is 0 Å². The van der Waals surface area contributed by atoms with Gasteiger partial charge in [0.2, 0.25) is 0 Å². The number of nitro benzene ring substituents is 1. The van der Waals surface area contributed by atoms with E-state index >= 15 is 0 Å². The van der Waals surface area contributed by atoms with E-state index in [4.69, 9.17) is 9.84 Å². The Kier molecular flexibility index (Phi) is 3.89. The molecule has 21 heavy (non-hydrogen) atoms. The van der Waals surface area contributed by atoms with Crippen molar-refractivity contribution >= 4 is 11.7 Å². The molecular formula is C15H13NO5. The molecule has 6 nitrogen and oxygen atoms in total. The van der Waals surface area contributed by atoms with Crippen molar-refractivity contribution in [3.05, 3.63) is 63.2 Å². The largest absolute Gasteiger partial charge is 0.478 e. The molecule has 0 fully saturated rings. The molecular weight excluding hydrogens is 274 g/mol. The zero-order chi connectivity index (χ0) is 15.6. The summed E-state index contributed by atoms with van der Waals surface area (Å²) in [4.78, 5) is 21.4. The van der Waals surface area contributed by atoms with Crippen molar-refractivity contribution in [3.8, 4) is 11.5 Å². The highest BCUT2D eigenvalue weighted by molar-refractivity contribution is 5.90. The summed E-state index contributed by atoms with van der Waals surface area (Å²) in [5.74, 6) is -0.204. The number of hydrogen-bond acceptors (Lipinski definition) is 4. The zero-order valence-electron chi connectivity index (χ0n) is 11.5. The fourth-order valence-electron chi connectivity index (χ4n) is 1.98. The summed E-state index contributed by atoms with van der Waals surface area (Å²) in [6.07, 6.45) is 0. The summed E-state index contributed by atoms with van der Waals surface area (Å²) in [6.45, 7) is 3.27.